The van der Waals surface area contributed by atoms with Crippen molar-refractivity contribution in [1.29, 1.82) is 0 Å². The molecule has 0 bridgehead atoms. The van der Waals surface area contributed by atoms with Gasteiger partial charge in [0.1, 0.15) is 6.10 Å². The molecule has 0 atom stereocenters. The summed E-state index contributed by atoms with van der Waals surface area (Å²) in [5.41, 5.74) is 0. The first-order chi connectivity index (χ1) is 24.8. The second-order valence-corrected chi connectivity index (χ2v) is 14.2. The molecular formula is C41H71F4NO6. The number of alkyl halides is 4. The molecule has 0 unspecified atom stereocenters. The maximum Gasteiger partial charge on any atom is 0.306 e. The molecule has 0 aliphatic carbocycles. The van der Waals surface area contributed by atoms with Crippen LogP contribution in [0.2, 0.25) is 0 Å². The van der Waals surface area contributed by atoms with Crippen LogP contribution in [0.3, 0.4) is 0 Å². The zero-order valence-electron chi connectivity index (χ0n) is 32.9. The van der Waals surface area contributed by atoms with E-state index in [1.54, 1.807) is 0 Å². The van der Waals surface area contributed by atoms with Gasteiger partial charge in [0.2, 0.25) is 0 Å². The fourth-order valence-electron chi connectivity index (χ4n) is 5.52. The highest BCUT2D eigenvalue weighted by Gasteiger charge is 2.24. The van der Waals surface area contributed by atoms with E-state index in [1.807, 2.05) is 32.8 Å². The minimum atomic E-state index is -2.81. The summed E-state index contributed by atoms with van der Waals surface area (Å²) in [4.78, 5) is 38.5. The molecule has 0 saturated heterocycles. The lowest BCUT2D eigenvalue weighted by atomic mass is 10.0. The molecule has 0 aliphatic heterocycles. The largest absolute Gasteiger partial charge is 0.465 e. The molecule has 0 radical (unpaired) electrons. The smallest absolute Gasteiger partial charge is 0.306 e. The van der Waals surface area contributed by atoms with Gasteiger partial charge in [0, 0.05) is 32.1 Å². The summed E-state index contributed by atoms with van der Waals surface area (Å²) in [7, 11) is 3.95. The van der Waals surface area contributed by atoms with E-state index < -0.39 is 11.8 Å². The lowest BCUT2D eigenvalue weighted by molar-refractivity contribution is -0.150. The van der Waals surface area contributed by atoms with E-state index in [-0.39, 0.29) is 62.9 Å². The van der Waals surface area contributed by atoms with Crippen LogP contribution >= 0.6 is 0 Å². The molecule has 0 spiro atoms. The highest BCUT2D eigenvalue weighted by atomic mass is 19.3. The van der Waals surface area contributed by atoms with Crippen molar-refractivity contribution in [3.63, 3.8) is 0 Å². The van der Waals surface area contributed by atoms with Crippen LogP contribution < -0.4 is 0 Å². The first kappa shape index (κ1) is 49.6. The van der Waals surface area contributed by atoms with Gasteiger partial charge in [-0.1, -0.05) is 77.4 Å². The number of unbranched alkanes of at least 4 members (excludes halogenated alkanes) is 10. The van der Waals surface area contributed by atoms with Crippen molar-refractivity contribution in [2.45, 2.75) is 186 Å². The Bertz CT molecular complexity index is 911. The molecule has 0 aromatic carbocycles. The molecule has 0 rings (SSSR count). The first-order valence-electron chi connectivity index (χ1n) is 20.1. The molecule has 0 saturated carbocycles. The number of hydrogen-bond donors (Lipinski definition) is 0. The number of halogens is 4. The zero-order chi connectivity index (χ0) is 38.9. The van der Waals surface area contributed by atoms with Crippen molar-refractivity contribution < 1.29 is 46.2 Å². The Labute approximate surface area is 312 Å². The van der Waals surface area contributed by atoms with Gasteiger partial charge in [0.05, 0.1) is 13.2 Å². The molecule has 52 heavy (non-hydrogen) atoms. The minimum Gasteiger partial charge on any atom is -0.465 e. The second kappa shape index (κ2) is 32.0. The lowest BCUT2D eigenvalue weighted by Gasteiger charge is -2.18. The molecule has 0 aromatic rings. The summed E-state index contributed by atoms with van der Waals surface area (Å²) in [5.74, 6) is -6.39. The lowest BCUT2D eigenvalue weighted by Crippen LogP contribution is -2.20. The van der Waals surface area contributed by atoms with Crippen LogP contribution in [0.5, 0.6) is 0 Å². The summed E-state index contributed by atoms with van der Waals surface area (Å²) < 4.78 is 70.7. The second-order valence-electron chi connectivity index (χ2n) is 14.2. The number of rotatable bonds is 35. The van der Waals surface area contributed by atoms with Crippen molar-refractivity contribution in [3.05, 3.63) is 24.3 Å². The van der Waals surface area contributed by atoms with Gasteiger partial charge in [-0.05, 0) is 103 Å². The molecular weight excluding hydrogens is 678 g/mol. The van der Waals surface area contributed by atoms with Gasteiger partial charge in [-0.15, -0.1) is 0 Å². The SMILES string of the molecule is CCCCC(F)(F)/C=C\CCOC(=O)CCCCCCCC(CCCCCCCC(=O)OCC/C=C\C(F)(F)CCCC)OC(=O)CCCN(C)C. The Morgan fingerprint density at radius 2 is 0.981 bits per heavy atom. The quantitative estimate of drug-likeness (QED) is 0.0210. The van der Waals surface area contributed by atoms with Gasteiger partial charge in [0.25, 0.3) is 11.8 Å². The average Bonchev–Trinajstić information content (AvgIpc) is 3.08. The number of hydrogen-bond acceptors (Lipinski definition) is 7. The molecule has 7 nitrogen and oxygen atoms in total. The summed E-state index contributed by atoms with van der Waals surface area (Å²) in [6.45, 7) is 4.79. The highest BCUT2D eigenvalue weighted by Crippen LogP contribution is 2.24. The predicted molar refractivity (Wildman–Crippen MR) is 201 cm³/mol. The van der Waals surface area contributed by atoms with Crippen LogP contribution in [0.15, 0.2) is 24.3 Å². The van der Waals surface area contributed by atoms with Crippen molar-refractivity contribution in [3.8, 4) is 0 Å². The number of allylic oxidation sites excluding steroid dienone is 2. The molecule has 0 aliphatic rings. The zero-order valence-corrected chi connectivity index (χ0v) is 32.9. The third kappa shape index (κ3) is 33.4. The molecule has 0 amide bonds. The maximum absolute atomic E-state index is 13.6. The average molecular weight is 750 g/mol. The van der Waals surface area contributed by atoms with E-state index >= 15 is 0 Å². The van der Waals surface area contributed by atoms with Gasteiger partial charge in [-0.2, -0.15) is 0 Å². The number of carbonyl (C=O) groups excluding carboxylic acids is 3. The van der Waals surface area contributed by atoms with E-state index in [1.165, 1.54) is 12.2 Å². The van der Waals surface area contributed by atoms with Crippen LogP contribution in [0.1, 0.15) is 168 Å². The Kier molecular flexibility index (Phi) is 30.5. The van der Waals surface area contributed by atoms with Gasteiger partial charge >= 0.3 is 17.9 Å². The molecule has 0 N–H and O–H groups in total. The Morgan fingerprint density at radius 1 is 0.577 bits per heavy atom. The van der Waals surface area contributed by atoms with Gasteiger partial charge < -0.3 is 19.1 Å². The van der Waals surface area contributed by atoms with Gasteiger partial charge in [-0.25, -0.2) is 17.6 Å². The summed E-state index contributed by atoms with van der Waals surface area (Å²) in [6, 6.07) is 0. The molecule has 0 heterocycles. The van der Waals surface area contributed by atoms with Crippen molar-refractivity contribution in [2.24, 2.45) is 0 Å². The highest BCUT2D eigenvalue weighted by molar-refractivity contribution is 5.70. The summed E-state index contributed by atoms with van der Waals surface area (Å²) in [6.07, 6.45) is 19.3. The Balaban J connectivity index is 4.24. The fraction of sp³-hybridized carbons (Fsp3) is 0.829. The summed E-state index contributed by atoms with van der Waals surface area (Å²) in [5, 5.41) is 0. The fourth-order valence-corrected chi connectivity index (χ4v) is 5.52. The molecule has 11 heteroatoms. The normalized spacial score (nSPS) is 12.4. The van der Waals surface area contributed by atoms with E-state index in [0.29, 0.717) is 44.9 Å². The van der Waals surface area contributed by atoms with Crippen LogP contribution in [0.25, 0.3) is 0 Å². The molecule has 0 aromatic heterocycles. The van der Waals surface area contributed by atoms with Crippen molar-refractivity contribution in [1.82, 2.24) is 4.90 Å². The van der Waals surface area contributed by atoms with E-state index in [2.05, 4.69) is 0 Å². The minimum absolute atomic E-state index is 0.107. The van der Waals surface area contributed by atoms with E-state index in [9.17, 15) is 31.9 Å². The third-order valence-electron chi connectivity index (χ3n) is 8.64. The summed E-state index contributed by atoms with van der Waals surface area (Å²) >= 11 is 0. The van der Waals surface area contributed by atoms with Crippen LogP contribution in [-0.2, 0) is 28.6 Å². The van der Waals surface area contributed by atoms with Gasteiger partial charge in [0.15, 0.2) is 0 Å². The molecule has 304 valence electrons. The maximum atomic E-state index is 13.6. The number of ether oxygens (including phenoxy) is 3. The number of esters is 3. The van der Waals surface area contributed by atoms with Crippen molar-refractivity contribution >= 4 is 17.9 Å². The van der Waals surface area contributed by atoms with Gasteiger partial charge in [-0.3, -0.25) is 14.4 Å². The topological polar surface area (TPSA) is 82.1 Å². The van der Waals surface area contributed by atoms with Crippen LogP contribution in [-0.4, -0.2) is 74.6 Å². The van der Waals surface area contributed by atoms with Crippen LogP contribution in [0, 0.1) is 0 Å². The Morgan fingerprint density at radius 3 is 1.40 bits per heavy atom. The van der Waals surface area contributed by atoms with E-state index in [4.69, 9.17) is 14.2 Å². The number of nitrogens with zero attached hydrogens (tertiary/aromatic N) is 1. The third-order valence-corrected chi connectivity index (χ3v) is 8.64. The molecule has 0 fully saturated rings. The van der Waals surface area contributed by atoms with E-state index in [0.717, 1.165) is 102 Å². The number of carbonyl (C=O) groups is 3. The Hall–Kier alpha value is -2.43. The first-order valence-corrected chi connectivity index (χ1v) is 20.1. The predicted octanol–water partition coefficient (Wildman–Crippen LogP) is 11.3. The standard InChI is InChI=1S/C41H71F4NO6/c1-5-7-29-40(42,43)31-19-21-34-50-37(47)26-17-13-9-11-15-24-36(52-39(49)28-23-33-46(3)4)25-16-12-10-14-18-27-38(48)51-35-22-20-32-41(44,45)30-8-6-2/h19-20,31-32,36H,5-18,21-30,33-35H2,1-4H3/b31-19-,32-20-. The van der Waals surface area contributed by atoms with Crippen molar-refractivity contribution in [2.75, 3.05) is 33.9 Å². The van der Waals surface area contributed by atoms with Crippen LogP contribution in [0.4, 0.5) is 17.6 Å². The monoisotopic (exact) mass is 750 g/mol.